The van der Waals surface area contributed by atoms with E-state index in [1.807, 2.05) is 11.8 Å². The van der Waals surface area contributed by atoms with Gasteiger partial charge < -0.3 is 10.1 Å². The maximum Gasteiger partial charge on any atom is 0.0708 e. The van der Waals surface area contributed by atoms with E-state index in [0.717, 1.165) is 18.8 Å². The van der Waals surface area contributed by atoms with Gasteiger partial charge in [0.05, 0.1) is 11.7 Å². The molecule has 0 radical (unpaired) electrons. The van der Waals surface area contributed by atoms with E-state index in [-0.39, 0.29) is 5.60 Å². The van der Waals surface area contributed by atoms with Gasteiger partial charge in [-0.15, -0.1) is 11.8 Å². The second kappa shape index (κ2) is 7.66. The van der Waals surface area contributed by atoms with Crippen LogP contribution >= 0.6 is 11.8 Å². The maximum absolute atomic E-state index is 6.39. The molecule has 3 rings (SSSR count). The Balaban J connectivity index is 1.30. The fraction of sp³-hybridized carbons (Fsp3) is 0.667. The SMILES string of the molecule is c1ccc(SCCNCC2CCC3(CCCCC3)O2)cc1. The van der Waals surface area contributed by atoms with Gasteiger partial charge in [-0.3, -0.25) is 0 Å². The highest BCUT2D eigenvalue weighted by atomic mass is 32.2. The fourth-order valence-corrected chi connectivity index (χ4v) is 4.46. The van der Waals surface area contributed by atoms with E-state index >= 15 is 0 Å². The van der Waals surface area contributed by atoms with E-state index in [9.17, 15) is 0 Å². The molecule has 21 heavy (non-hydrogen) atoms. The zero-order valence-corrected chi connectivity index (χ0v) is 13.7. The van der Waals surface area contributed by atoms with E-state index < -0.39 is 0 Å². The standard InChI is InChI=1S/C18H27NOS/c1-3-7-17(8-4-1)21-14-13-19-15-16-9-12-18(20-16)10-5-2-6-11-18/h1,3-4,7-8,16,19H,2,5-6,9-15H2. The molecule has 1 saturated carbocycles. The predicted octanol–water partition coefficient (Wildman–Crippen LogP) is 4.25. The molecule has 1 heterocycles. The van der Waals surface area contributed by atoms with Crippen LogP contribution in [-0.2, 0) is 4.74 Å². The summed E-state index contributed by atoms with van der Waals surface area (Å²) in [5.41, 5.74) is 0.267. The highest BCUT2D eigenvalue weighted by Crippen LogP contribution is 2.41. The topological polar surface area (TPSA) is 21.3 Å². The molecule has 1 unspecified atom stereocenters. The summed E-state index contributed by atoms with van der Waals surface area (Å²) in [5.74, 6) is 1.13. The molecule has 1 spiro atoms. The third-order valence-electron chi connectivity index (χ3n) is 4.77. The first-order chi connectivity index (χ1) is 10.4. The molecule has 0 aromatic heterocycles. The number of thioether (sulfide) groups is 1. The molecule has 116 valence electrons. The van der Waals surface area contributed by atoms with Crippen molar-refractivity contribution in [2.45, 2.75) is 61.5 Å². The van der Waals surface area contributed by atoms with E-state index in [1.54, 1.807) is 0 Å². The molecule has 1 aromatic carbocycles. The Morgan fingerprint density at radius 3 is 2.71 bits per heavy atom. The van der Waals surface area contributed by atoms with E-state index in [4.69, 9.17) is 4.74 Å². The number of rotatable bonds is 6. The first-order valence-electron chi connectivity index (χ1n) is 8.43. The molecule has 1 aliphatic carbocycles. The van der Waals surface area contributed by atoms with Crippen molar-refractivity contribution in [3.63, 3.8) is 0 Å². The zero-order chi connectivity index (χ0) is 14.4. The van der Waals surface area contributed by atoms with Crippen LogP contribution in [0.2, 0.25) is 0 Å². The maximum atomic E-state index is 6.39. The van der Waals surface area contributed by atoms with E-state index in [1.165, 1.54) is 49.8 Å². The van der Waals surface area contributed by atoms with Gasteiger partial charge in [0.15, 0.2) is 0 Å². The van der Waals surface area contributed by atoms with Gasteiger partial charge >= 0.3 is 0 Å². The normalized spacial score (nSPS) is 24.5. The lowest BCUT2D eigenvalue weighted by molar-refractivity contribution is -0.0621. The average Bonchev–Trinajstić information content (AvgIpc) is 2.91. The van der Waals surface area contributed by atoms with Crippen LogP contribution in [0, 0.1) is 0 Å². The van der Waals surface area contributed by atoms with Crippen molar-refractivity contribution in [2.24, 2.45) is 0 Å². The van der Waals surface area contributed by atoms with Crippen molar-refractivity contribution in [1.29, 1.82) is 0 Å². The molecule has 0 amide bonds. The molecule has 2 aliphatic rings. The van der Waals surface area contributed by atoms with Gasteiger partial charge in [-0.1, -0.05) is 37.5 Å². The molecule has 1 aromatic rings. The number of hydrogen-bond donors (Lipinski definition) is 1. The second-order valence-electron chi connectivity index (χ2n) is 6.39. The quantitative estimate of drug-likeness (QED) is 0.627. The van der Waals surface area contributed by atoms with Crippen molar-refractivity contribution < 1.29 is 4.74 Å². The van der Waals surface area contributed by atoms with Crippen LogP contribution in [0.5, 0.6) is 0 Å². The summed E-state index contributed by atoms with van der Waals surface area (Å²) in [6.07, 6.45) is 9.73. The Morgan fingerprint density at radius 1 is 1.10 bits per heavy atom. The van der Waals surface area contributed by atoms with Crippen LogP contribution in [0.1, 0.15) is 44.9 Å². The first-order valence-corrected chi connectivity index (χ1v) is 9.41. The molecule has 1 aliphatic heterocycles. The number of benzene rings is 1. The summed E-state index contributed by atoms with van der Waals surface area (Å²) in [5, 5.41) is 3.57. The lowest BCUT2D eigenvalue weighted by Crippen LogP contribution is -2.35. The van der Waals surface area contributed by atoms with Crippen LogP contribution < -0.4 is 5.32 Å². The van der Waals surface area contributed by atoms with Crippen LogP contribution in [0.15, 0.2) is 35.2 Å². The van der Waals surface area contributed by atoms with Crippen molar-refractivity contribution in [3.8, 4) is 0 Å². The third kappa shape index (κ3) is 4.48. The summed E-state index contributed by atoms with van der Waals surface area (Å²) in [6, 6.07) is 10.6. The van der Waals surface area contributed by atoms with Crippen LogP contribution in [-0.4, -0.2) is 30.5 Å². The first kappa shape index (κ1) is 15.4. The summed E-state index contributed by atoms with van der Waals surface area (Å²) < 4.78 is 6.39. The zero-order valence-electron chi connectivity index (χ0n) is 12.9. The van der Waals surface area contributed by atoms with Gasteiger partial charge in [0.2, 0.25) is 0 Å². The number of ether oxygens (including phenoxy) is 1. The molecule has 1 atom stereocenters. The summed E-state index contributed by atoms with van der Waals surface area (Å²) in [7, 11) is 0. The minimum atomic E-state index is 0.267. The molecule has 1 N–H and O–H groups in total. The summed E-state index contributed by atoms with van der Waals surface area (Å²) >= 11 is 1.92. The smallest absolute Gasteiger partial charge is 0.0708 e. The molecule has 0 bridgehead atoms. The van der Waals surface area contributed by atoms with Crippen molar-refractivity contribution in [2.75, 3.05) is 18.8 Å². The Bertz CT molecular complexity index is 416. The van der Waals surface area contributed by atoms with E-state index in [0.29, 0.717) is 6.10 Å². The van der Waals surface area contributed by atoms with Gasteiger partial charge in [0.25, 0.3) is 0 Å². The molecule has 1 saturated heterocycles. The lowest BCUT2D eigenvalue weighted by atomic mass is 9.83. The van der Waals surface area contributed by atoms with E-state index in [2.05, 4.69) is 35.6 Å². The third-order valence-corrected chi connectivity index (χ3v) is 5.78. The Hall–Kier alpha value is -0.510. The number of nitrogens with one attached hydrogen (secondary N) is 1. The highest BCUT2D eigenvalue weighted by Gasteiger charge is 2.40. The van der Waals surface area contributed by atoms with Gasteiger partial charge in [-0.25, -0.2) is 0 Å². The molecular formula is C18H27NOS. The lowest BCUT2D eigenvalue weighted by Gasteiger charge is -2.33. The van der Waals surface area contributed by atoms with Crippen molar-refractivity contribution in [3.05, 3.63) is 30.3 Å². The Kier molecular flexibility index (Phi) is 5.61. The van der Waals surface area contributed by atoms with Crippen molar-refractivity contribution >= 4 is 11.8 Å². The minimum absolute atomic E-state index is 0.267. The van der Waals surface area contributed by atoms with Gasteiger partial charge in [0, 0.05) is 23.7 Å². The monoisotopic (exact) mass is 305 g/mol. The summed E-state index contributed by atoms with van der Waals surface area (Å²) in [4.78, 5) is 1.36. The molecule has 3 heteroatoms. The molecular weight excluding hydrogens is 278 g/mol. The van der Waals surface area contributed by atoms with Gasteiger partial charge in [-0.2, -0.15) is 0 Å². The van der Waals surface area contributed by atoms with Crippen LogP contribution in [0.4, 0.5) is 0 Å². The number of hydrogen-bond acceptors (Lipinski definition) is 3. The minimum Gasteiger partial charge on any atom is -0.370 e. The molecule has 2 nitrogen and oxygen atoms in total. The summed E-state index contributed by atoms with van der Waals surface area (Å²) in [6.45, 7) is 2.09. The van der Waals surface area contributed by atoms with Crippen molar-refractivity contribution in [1.82, 2.24) is 5.32 Å². The van der Waals surface area contributed by atoms with Gasteiger partial charge in [0.1, 0.15) is 0 Å². The largest absolute Gasteiger partial charge is 0.370 e. The fourth-order valence-electron chi connectivity index (χ4n) is 3.62. The average molecular weight is 305 g/mol. The van der Waals surface area contributed by atoms with Crippen LogP contribution in [0.25, 0.3) is 0 Å². The highest BCUT2D eigenvalue weighted by molar-refractivity contribution is 7.99. The Morgan fingerprint density at radius 2 is 1.90 bits per heavy atom. The van der Waals surface area contributed by atoms with Gasteiger partial charge in [-0.05, 0) is 37.8 Å². The predicted molar refractivity (Wildman–Crippen MR) is 90.0 cm³/mol. The second-order valence-corrected chi connectivity index (χ2v) is 7.56. The van der Waals surface area contributed by atoms with Crippen LogP contribution in [0.3, 0.4) is 0 Å². The Labute approximate surface area is 133 Å². The molecule has 2 fully saturated rings.